The molecular formula is C18H22N4O3. The van der Waals surface area contributed by atoms with Gasteiger partial charge in [0.15, 0.2) is 0 Å². The quantitative estimate of drug-likeness (QED) is 0.784. The Hall–Kier alpha value is -2.25. The van der Waals surface area contributed by atoms with Crippen LogP contribution in [-0.4, -0.2) is 64.7 Å². The second kappa shape index (κ2) is 6.93. The fraction of sp³-hybridized carbons (Fsp3) is 0.500. The van der Waals surface area contributed by atoms with Crippen molar-refractivity contribution >= 4 is 5.97 Å². The van der Waals surface area contributed by atoms with E-state index in [9.17, 15) is 4.79 Å². The molecule has 0 bridgehead atoms. The Morgan fingerprint density at radius 2 is 1.92 bits per heavy atom. The molecule has 4 rings (SSSR count). The molecule has 1 aromatic carbocycles. The van der Waals surface area contributed by atoms with E-state index in [1.165, 1.54) is 0 Å². The SMILES string of the molecule is C[C@H](c1nc(-c2ccccc2)no1)N1CCN([C@@H]2CCOC2=O)CC1. The number of nitrogens with zero attached hydrogens (tertiary/aromatic N) is 4. The zero-order valence-electron chi connectivity index (χ0n) is 14.3. The van der Waals surface area contributed by atoms with Crippen LogP contribution >= 0.6 is 0 Å². The Morgan fingerprint density at radius 3 is 2.60 bits per heavy atom. The standard InChI is InChI=1S/C18H22N4O3/c1-13(17-19-16(20-25-17)14-5-3-2-4-6-14)21-8-10-22(11-9-21)15-7-12-24-18(15)23/h2-6,13,15H,7-12H2,1H3/t13-,15-/m1/s1. The third-order valence-electron chi connectivity index (χ3n) is 5.08. The number of rotatable bonds is 4. The van der Waals surface area contributed by atoms with E-state index < -0.39 is 0 Å². The molecule has 0 spiro atoms. The van der Waals surface area contributed by atoms with Crippen LogP contribution in [0.1, 0.15) is 25.3 Å². The molecule has 0 radical (unpaired) electrons. The molecule has 0 saturated carbocycles. The van der Waals surface area contributed by atoms with Crippen molar-refractivity contribution in [3.05, 3.63) is 36.2 Å². The van der Waals surface area contributed by atoms with E-state index in [0.717, 1.165) is 38.2 Å². The van der Waals surface area contributed by atoms with Crippen LogP contribution in [0.15, 0.2) is 34.9 Å². The Balaban J connectivity index is 1.38. The van der Waals surface area contributed by atoms with Gasteiger partial charge in [0.2, 0.25) is 11.7 Å². The summed E-state index contributed by atoms with van der Waals surface area (Å²) in [6, 6.07) is 9.82. The summed E-state index contributed by atoms with van der Waals surface area (Å²) in [6.45, 7) is 6.07. The average Bonchev–Trinajstić information content (AvgIpc) is 3.31. The number of carbonyl (C=O) groups is 1. The van der Waals surface area contributed by atoms with Crippen LogP contribution in [0.25, 0.3) is 11.4 Å². The van der Waals surface area contributed by atoms with Gasteiger partial charge in [-0.2, -0.15) is 4.98 Å². The second-order valence-corrected chi connectivity index (χ2v) is 6.54. The van der Waals surface area contributed by atoms with E-state index in [4.69, 9.17) is 9.26 Å². The Bertz CT molecular complexity index is 725. The highest BCUT2D eigenvalue weighted by molar-refractivity contribution is 5.77. The Morgan fingerprint density at radius 1 is 1.16 bits per heavy atom. The number of ether oxygens (including phenoxy) is 1. The minimum Gasteiger partial charge on any atom is -0.464 e. The maximum atomic E-state index is 11.7. The first-order valence-corrected chi connectivity index (χ1v) is 8.76. The van der Waals surface area contributed by atoms with Crippen molar-refractivity contribution in [1.29, 1.82) is 0 Å². The molecular weight excluding hydrogens is 320 g/mol. The maximum absolute atomic E-state index is 11.7. The lowest BCUT2D eigenvalue weighted by atomic mass is 10.1. The van der Waals surface area contributed by atoms with Gasteiger partial charge < -0.3 is 9.26 Å². The molecule has 2 atom stereocenters. The van der Waals surface area contributed by atoms with Gasteiger partial charge in [0.25, 0.3) is 0 Å². The van der Waals surface area contributed by atoms with Crippen LogP contribution in [-0.2, 0) is 9.53 Å². The van der Waals surface area contributed by atoms with Gasteiger partial charge in [0, 0.05) is 38.2 Å². The number of hydrogen-bond donors (Lipinski definition) is 0. The molecule has 25 heavy (non-hydrogen) atoms. The van der Waals surface area contributed by atoms with E-state index >= 15 is 0 Å². The van der Waals surface area contributed by atoms with E-state index in [1.807, 2.05) is 30.3 Å². The summed E-state index contributed by atoms with van der Waals surface area (Å²) >= 11 is 0. The minimum absolute atomic E-state index is 0.0580. The third-order valence-corrected chi connectivity index (χ3v) is 5.08. The molecule has 132 valence electrons. The molecule has 2 aliphatic heterocycles. The molecule has 7 heteroatoms. The van der Waals surface area contributed by atoms with Crippen LogP contribution in [0, 0.1) is 0 Å². The molecule has 0 aliphatic carbocycles. The minimum atomic E-state index is -0.0779. The molecule has 0 unspecified atom stereocenters. The van der Waals surface area contributed by atoms with Crippen LogP contribution in [0.2, 0.25) is 0 Å². The van der Waals surface area contributed by atoms with Gasteiger partial charge in [0.05, 0.1) is 12.6 Å². The summed E-state index contributed by atoms with van der Waals surface area (Å²) in [5, 5.41) is 4.11. The Labute approximate surface area is 146 Å². The van der Waals surface area contributed by atoms with Crippen LogP contribution in [0.4, 0.5) is 0 Å². The number of hydrogen-bond acceptors (Lipinski definition) is 7. The van der Waals surface area contributed by atoms with Crippen molar-refractivity contribution in [2.75, 3.05) is 32.8 Å². The summed E-state index contributed by atoms with van der Waals surface area (Å²) in [7, 11) is 0. The smallest absolute Gasteiger partial charge is 0.323 e. The Kier molecular flexibility index (Phi) is 4.50. The normalized spacial score (nSPS) is 23.6. The third kappa shape index (κ3) is 3.29. The van der Waals surface area contributed by atoms with Gasteiger partial charge >= 0.3 is 5.97 Å². The summed E-state index contributed by atoms with van der Waals surface area (Å²) in [4.78, 5) is 20.8. The molecule has 0 N–H and O–H groups in total. The highest BCUT2D eigenvalue weighted by atomic mass is 16.5. The molecule has 2 saturated heterocycles. The fourth-order valence-electron chi connectivity index (χ4n) is 3.52. The summed E-state index contributed by atoms with van der Waals surface area (Å²) < 4.78 is 10.6. The molecule has 2 fully saturated rings. The zero-order chi connectivity index (χ0) is 17.2. The van der Waals surface area contributed by atoms with E-state index in [1.54, 1.807) is 0 Å². The van der Waals surface area contributed by atoms with Crippen molar-refractivity contribution in [1.82, 2.24) is 19.9 Å². The van der Waals surface area contributed by atoms with Crippen molar-refractivity contribution < 1.29 is 14.1 Å². The van der Waals surface area contributed by atoms with Crippen molar-refractivity contribution in [3.8, 4) is 11.4 Å². The largest absolute Gasteiger partial charge is 0.464 e. The van der Waals surface area contributed by atoms with E-state index in [0.29, 0.717) is 18.3 Å². The lowest BCUT2D eigenvalue weighted by Crippen LogP contribution is -2.52. The first-order valence-electron chi connectivity index (χ1n) is 8.76. The molecule has 1 aromatic heterocycles. The number of carbonyl (C=O) groups excluding carboxylic acids is 1. The van der Waals surface area contributed by atoms with Gasteiger partial charge in [-0.3, -0.25) is 14.6 Å². The predicted octanol–water partition coefficient (Wildman–Crippen LogP) is 1.73. The van der Waals surface area contributed by atoms with Crippen LogP contribution in [0.5, 0.6) is 0 Å². The zero-order valence-corrected chi connectivity index (χ0v) is 14.3. The monoisotopic (exact) mass is 342 g/mol. The van der Waals surface area contributed by atoms with Crippen molar-refractivity contribution in [3.63, 3.8) is 0 Å². The van der Waals surface area contributed by atoms with Crippen molar-refractivity contribution in [2.45, 2.75) is 25.4 Å². The van der Waals surface area contributed by atoms with Crippen LogP contribution in [0.3, 0.4) is 0 Å². The number of cyclic esters (lactones) is 1. The maximum Gasteiger partial charge on any atom is 0.323 e. The second-order valence-electron chi connectivity index (χ2n) is 6.54. The number of esters is 1. The lowest BCUT2D eigenvalue weighted by molar-refractivity contribution is -0.143. The molecule has 0 amide bonds. The topological polar surface area (TPSA) is 71.7 Å². The molecule has 2 aliphatic rings. The predicted molar refractivity (Wildman–Crippen MR) is 90.7 cm³/mol. The molecule has 2 aromatic rings. The highest BCUT2D eigenvalue weighted by Gasteiger charge is 2.35. The first-order chi connectivity index (χ1) is 12.2. The van der Waals surface area contributed by atoms with Gasteiger partial charge in [-0.25, -0.2) is 0 Å². The number of aromatic nitrogens is 2. The van der Waals surface area contributed by atoms with Crippen molar-refractivity contribution in [2.24, 2.45) is 0 Å². The van der Waals surface area contributed by atoms with Gasteiger partial charge in [0.1, 0.15) is 6.04 Å². The summed E-state index contributed by atoms with van der Waals surface area (Å²) in [6.07, 6.45) is 0.804. The van der Waals surface area contributed by atoms with E-state index in [-0.39, 0.29) is 18.1 Å². The lowest BCUT2D eigenvalue weighted by Gasteiger charge is -2.38. The van der Waals surface area contributed by atoms with E-state index in [2.05, 4.69) is 26.9 Å². The molecule has 7 nitrogen and oxygen atoms in total. The summed E-state index contributed by atoms with van der Waals surface area (Å²) in [5.74, 6) is 1.17. The fourth-order valence-corrected chi connectivity index (χ4v) is 3.52. The number of piperazine rings is 1. The first kappa shape index (κ1) is 16.2. The van der Waals surface area contributed by atoms with Gasteiger partial charge in [-0.15, -0.1) is 0 Å². The number of benzene rings is 1. The summed E-state index contributed by atoms with van der Waals surface area (Å²) in [5.41, 5.74) is 0.953. The van der Waals surface area contributed by atoms with Gasteiger partial charge in [-0.1, -0.05) is 35.5 Å². The molecule has 3 heterocycles. The highest BCUT2D eigenvalue weighted by Crippen LogP contribution is 2.24. The van der Waals surface area contributed by atoms with Gasteiger partial charge in [-0.05, 0) is 6.92 Å². The van der Waals surface area contributed by atoms with Crippen LogP contribution < -0.4 is 0 Å². The average molecular weight is 342 g/mol.